The number of hydrogen-bond donors (Lipinski definition) is 0. The largest absolute Gasteiger partial charge is 0.273 e. The Morgan fingerprint density at radius 1 is 0.875 bits per heavy atom. The summed E-state index contributed by atoms with van der Waals surface area (Å²) in [5, 5.41) is 0.989. The average Bonchev–Trinajstić information content (AvgIpc) is 2.87. The molecule has 132 valence electrons. The number of amides is 1. The van der Waals surface area contributed by atoms with E-state index in [1.165, 1.54) is 0 Å². The summed E-state index contributed by atoms with van der Waals surface area (Å²) in [7, 11) is 0. The lowest BCUT2D eigenvalue weighted by atomic mass is 9.73. The molecule has 0 N–H and O–H groups in total. The van der Waals surface area contributed by atoms with Crippen LogP contribution in [-0.2, 0) is 16.2 Å². The molecule has 1 aromatic rings. The first-order chi connectivity index (χ1) is 11.3. The zero-order chi connectivity index (χ0) is 17.5. The number of benzene rings is 1. The molecule has 1 aliphatic carbocycles. The maximum atomic E-state index is 13.6. The van der Waals surface area contributed by atoms with Crippen LogP contribution in [0.15, 0.2) is 0 Å². The predicted molar refractivity (Wildman–Crippen MR) is 72.9 cm³/mol. The van der Waals surface area contributed by atoms with Gasteiger partial charge in [-0.05, 0) is 18.3 Å². The number of hydrogen-bond acceptors (Lipinski definition) is 2. The van der Waals surface area contributed by atoms with Crippen molar-refractivity contribution >= 4 is 5.91 Å². The molecule has 1 amide bonds. The van der Waals surface area contributed by atoms with Gasteiger partial charge in [-0.2, -0.15) is 0 Å². The molecule has 2 fully saturated rings. The topological polar surface area (TPSA) is 29.5 Å². The Balaban J connectivity index is 1.74. The van der Waals surface area contributed by atoms with Gasteiger partial charge in [0.1, 0.15) is 6.61 Å². The van der Waals surface area contributed by atoms with Crippen molar-refractivity contribution in [1.29, 1.82) is 0 Å². The molecule has 3 rings (SSSR count). The molecule has 1 heterocycles. The summed E-state index contributed by atoms with van der Waals surface area (Å²) in [6.07, 6.45) is 5.10. The highest BCUT2D eigenvalue weighted by Gasteiger charge is 2.44. The van der Waals surface area contributed by atoms with E-state index in [0.29, 0.717) is 0 Å². The molecule has 0 aromatic heterocycles. The van der Waals surface area contributed by atoms with E-state index in [2.05, 4.69) is 0 Å². The van der Waals surface area contributed by atoms with Crippen molar-refractivity contribution in [3.8, 4) is 0 Å². The third kappa shape index (κ3) is 2.87. The second kappa shape index (κ2) is 6.31. The quantitative estimate of drug-likeness (QED) is 0.469. The molecular weight excluding hydrogens is 333 g/mol. The van der Waals surface area contributed by atoms with Gasteiger partial charge in [0.05, 0.1) is 12.1 Å². The minimum atomic E-state index is -2.22. The predicted octanol–water partition coefficient (Wildman–Crippen LogP) is 4.00. The van der Waals surface area contributed by atoms with Crippen LogP contribution >= 0.6 is 0 Å². The molecule has 24 heavy (non-hydrogen) atoms. The zero-order valence-electron chi connectivity index (χ0n) is 12.8. The van der Waals surface area contributed by atoms with E-state index in [9.17, 15) is 26.7 Å². The van der Waals surface area contributed by atoms with E-state index < -0.39 is 41.3 Å². The van der Waals surface area contributed by atoms with Crippen molar-refractivity contribution in [2.45, 2.75) is 45.1 Å². The molecule has 1 saturated carbocycles. The van der Waals surface area contributed by atoms with Gasteiger partial charge >= 0.3 is 0 Å². The van der Waals surface area contributed by atoms with Crippen LogP contribution in [-0.4, -0.2) is 17.5 Å². The molecule has 0 unspecified atom stereocenters. The molecule has 3 nitrogen and oxygen atoms in total. The molecule has 1 aromatic carbocycles. The molecule has 0 radical (unpaired) electrons. The number of hydroxylamine groups is 2. The number of halogens is 5. The van der Waals surface area contributed by atoms with E-state index in [-0.39, 0.29) is 24.3 Å². The van der Waals surface area contributed by atoms with Gasteiger partial charge in [0.25, 0.3) is 0 Å². The highest BCUT2D eigenvalue weighted by Crippen LogP contribution is 2.44. The van der Waals surface area contributed by atoms with Crippen molar-refractivity contribution in [3.05, 3.63) is 34.6 Å². The van der Waals surface area contributed by atoms with Crippen LogP contribution in [0.25, 0.3) is 0 Å². The van der Waals surface area contributed by atoms with Gasteiger partial charge in [-0.1, -0.05) is 19.3 Å². The second-order valence-corrected chi connectivity index (χ2v) is 6.49. The normalized spacial score (nSPS) is 20.2. The Labute approximate surface area is 135 Å². The Morgan fingerprint density at radius 2 is 1.42 bits per heavy atom. The van der Waals surface area contributed by atoms with Crippen LogP contribution in [0.4, 0.5) is 22.0 Å². The number of nitrogens with zero attached hydrogens (tertiary/aromatic N) is 1. The van der Waals surface area contributed by atoms with Crippen molar-refractivity contribution < 1.29 is 31.6 Å². The first kappa shape index (κ1) is 17.1. The molecular formula is C16H16F5NO2. The van der Waals surface area contributed by atoms with E-state index in [1.807, 2.05) is 0 Å². The third-order valence-electron chi connectivity index (χ3n) is 4.86. The lowest BCUT2D eigenvalue weighted by molar-refractivity contribution is -0.185. The van der Waals surface area contributed by atoms with Crippen LogP contribution in [0.1, 0.15) is 44.1 Å². The summed E-state index contributed by atoms with van der Waals surface area (Å²) in [5.41, 5.74) is -1.28. The number of carbonyl (C=O) groups is 1. The van der Waals surface area contributed by atoms with Gasteiger partial charge in [0.2, 0.25) is 11.7 Å². The fourth-order valence-electron chi connectivity index (χ4n) is 3.53. The average molecular weight is 349 g/mol. The molecule has 0 bridgehead atoms. The lowest BCUT2D eigenvalue weighted by Gasteiger charge is -2.32. The van der Waals surface area contributed by atoms with E-state index in [0.717, 1.165) is 37.2 Å². The SMILES string of the molecule is O=C1CC2(CCCCC2)CN1OCc1c(F)c(F)c(F)c(F)c1F. The molecule has 0 atom stereocenters. The number of carbonyl (C=O) groups excluding carboxylic acids is 1. The molecule has 8 heteroatoms. The first-order valence-electron chi connectivity index (χ1n) is 7.78. The molecule has 1 aliphatic heterocycles. The Hall–Kier alpha value is -1.70. The monoisotopic (exact) mass is 349 g/mol. The summed E-state index contributed by atoms with van der Waals surface area (Å²) in [6.45, 7) is -0.616. The summed E-state index contributed by atoms with van der Waals surface area (Å²) >= 11 is 0. The van der Waals surface area contributed by atoms with Crippen LogP contribution in [0.3, 0.4) is 0 Å². The van der Waals surface area contributed by atoms with Crippen LogP contribution < -0.4 is 0 Å². The summed E-state index contributed by atoms with van der Waals surface area (Å²) < 4.78 is 66.6. The van der Waals surface area contributed by atoms with Gasteiger partial charge in [-0.3, -0.25) is 9.63 Å². The van der Waals surface area contributed by atoms with Crippen LogP contribution in [0.5, 0.6) is 0 Å². The summed E-state index contributed by atoms with van der Waals surface area (Å²) in [5.74, 6) is -10.5. The fourth-order valence-corrected chi connectivity index (χ4v) is 3.53. The minimum Gasteiger partial charge on any atom is -0.273 e. The van der Waals surface area contributed by atoms with E-state index >= 15 is 0 Å². The zero-order valence-corrected chi connectivity index (χ0v) is 12.8. The Bertz CT molecular complexity index is 644. The number of rotatable bonds is 3. The van der Waals surface area contributed by atoms with Gasteiger partial charge in [0.15, 0.2) is 23.3 Å². The van der Waals surface area contributed by atoms with Crippen LogP contribution in [0, 0.1) is 34.5 Å². The Kier molecular flexibility index (Phi) is 4.50. The van der Waals surface area contributed by atoms with Crippen molar-refractivity contribution in [1.82, 2.24) is 5.06 Å². The lowest BCUT2D eigenvalue weighted by Crippen LogP contribution is -2.30. The van der Waals surface area contributed by atoms with E-state index in [1.54, 1.807) is 0 Å². The highest BCUT2D eigenvalue weighted by molar-refractivity contribution is 5.78. The summed E-state index contributed by atoms with van der Waals surface area (Å²) in [4.78, 5) is 17.1. The molecule has 2 aliphatic rings. The highest BCUT2D eigenvalue weighted by atomic mass is 19.2. The van der Waals surface area contributed by atoms with Crippen molar-refractivity contribution in [3.63, 3.8) is 0 Å². The standard InChI is InChI=1S/C16H16F5NO2/c17-11-9(12(18)14(20)15(21)13(11)19)7-24-22-8-16(6-10(22)23)4-2-1-3-5-16/h1-8H2. The van der Waals surface area contributed by atoms with E-state index in [4.69, 9.17) is 4.84 Å². The minimum absolute atomic E-state index is 0.203. The first-order valence-corrected chi connectivity index (χ1v) is 7.78. The van der Waals surface area contributed by atoms with Gasteiger partial charge in [0, 0.05) is 6.42 Å². The van der Waals surface area contributed by atoms with Crippen molar-refractivity contribution in [2.24, 2.45) is 5.41 Å². The molecule has 1 spiro atoms. The van der Waals surface area contributed by atoms with Crippen LogP contribution in [0.2, 0.25) is 0 Å². The Morgan fingerprint density at radius 3 is 2.00 bits per heavy atom. The maximum absolute atomic E-state index is 13.6. The molecule has 1 saturated heterocycles. The fraction of sp³-hybridized carbons (Fsp3) is 0.562. The summed E-state index contributed by atoms with van der Waals surface area (Å²) in [6, 6.07) is 0. The third-order valence-corrected chi connectivity index (χ3v) is 4.86. The smallest absolute Gasteiger partial charge is 0.246 e. The maximum Gasteiger partial charge on any atom is 0.246 e. The second-order valence-electron chi connectivity index (χ2n) is 6.49. The van der Waals surface area contributed by atoms with Gasteiger partial charge in [-0.25, -0.2) is 27.0 Å². The van der Waals surface area contributed by atoms with Crippen molar-refractivity contribution in [2.75, 3.05) is 6.54 Å². The van der Waals surface area contributed by atoms with Gasteiger partial charge < -0.3 is 0 Å². The van der Waals surface area contributed by atoms with Gasteiger partial charge in [-0.15, -0.1) is 0 Å².